The Balaban J connectivity index is 1.77. The standard InChI is InChI=1S/C14H18N4S/c1-3-12(15-4-2)9-16-18-14(19)17-13-8-10-5-6-11(13)7-10/h3-6,9-11,13H,1-2,7-8H2,(H2,17,18,19)/b15-12?,16-9+. The molecule has 19 heavy (non-hydrogen) atoms. The van der Waals surface area contributed by atoms with Gasteiger partial charge in [-0.25, -0.2) is 0 Å². The van der Waals surface area contributed by atoms with Crippen molar-refractivity contribution < 1.29 is 0 Å². The van der Waals surface area contributed by atoms with Crippen LogP contribution in [0, 0.1) is 11.8 Å². The number of hydrogen-bond acceptors (Lipinski definition) is 3. The fourth-order valence-corrected chi connectivity index (χ4v) is 2.75. The number of fused-ring (bicyclic) bond motifs is 2. The lowest BCUT2D eigenvalue weighted by atomic mass is 10.0. The molecule has 2 bridgehead atoms. The summed E-state index contributed by atoms with van der Waals surface area (Å²) in [7, 11) is 0. The molecule has 4 nitrogen and oxygen atoms in total. The van der Waals surface area contributed by atoms with Crippen LogP contribution in [0.25, 0.3) is 0 Å². The summed E-state index contributed by atoms with van der Waals surface area (Å²) in [6.07, 6.45) is 11.6. The molecule has 1 saturated carbocycles. The number of thiocarbonyl (C=S) groups is 1. The fourth-order valence-electron chi connectivity index (χ4n) is 2.55. The molecule has 2 aliphatic carbocycles. The summed E-state index contributed by atoms with van der Waals surface area (Å²) >= 11 is 5.21. The van der Waals surface area contributed by atoms with Gasteiger partial charge in [-0.3, -0.25) is 10.4 Å². The highest BCUT2D eigenvalue weighted by molar-refractivity contribution is 7.80. The Morgan fingerprint density at radius 1 is 1.32 bits per heavy atom. The largest absolute Gasteiger partial charge is 0.358 e. The van der Waals surface area contributed by atoms with Crippen LogP contribution in [0.1, 0.15) is 12.8 Å². The highest BCUT2D eigenvalue weighted by atomic mass is 32.1. The summed E-state index contributed by atoms with van der Waals surface area (Å²) < 4.78 is 0. The molecule has 0 heterocycles. The molecule has 0 spiro atoms. The van der Waals surface area contributed by atoms with Crippen LogP contribution in [0.15, 0.2) is 47.7 Å². The van der Waals surface area contributed by atoms with Gasteiger partial charge >= 0.3 is 0 Å². The second kappa shape index (κ2) is 6.43. The monoisotopic (exact) mass is 274 g/mol. The zero-order valence-corrected chi connectivity index (χ0v) is 11.6. The molecule has 3 unspecified atom stereocenters. The minimum Gasteiger partial charge on any atom is -0.358 e. The number of aliphatic imine (C=N–C) groups is 1. The van der Waals surface area contributed by atoms with Crippen molar-refractivity contribution in [2.45, 2.75) is 18.9 Å². The highest BCUT2D eigenvalue weighted by Gasteiger charge is 2.35. The molecule has 5 heteroatoms. The second-order valence-electron chi connectivity index (χ2n) is 4.67. The van der Waals surface area contributed by atoms with E-state index in [9.17, 15) is 0 Å². The van der Waals surface area contributed by atoms with E-state index >= 15 is 0 Å². The van der Waals surface area contributed by atoms with Crippen molar-refractivity contribution in [2.24, 2.45) is 21.9 Å². The van der Waals surface area contributed by atoms with Crippen LogP contribution in [-0.4, -0.2) is 23.1 Å². The number of nitrogens with one attached hydrogen (secondary N) is 2. The molecule has 0 aromatic rings. The van der Waals surface area contributed by atoms with Gasteiger partial charge in [-0.1, -0.05) is 25.3 Å². The number of nitrogens with zero attached hydrogens (tertiary/aromatic N) is 2. The van der Waals surface area contributed by atoms with E-state index in [1.165, 1.54) is 12.6 Å². The van der Waals surface area contributed by atoms with Crippen molar-refractivity contribution in [3.8, 4) is 0 Å². The van der Waals surface area contributed by atoms with Crippen molar-refractivity contribution in [1.29, 1.82) is 0 Å². The minimum absolute atomic E-state index is 0.436. The summed E-state index contributed by atoms with van der Waals surface area (Å²) in [6.45, 7) is 7.15. The smallest absolute Gasteiger partial charge is 0.187 e. The SMILES string of the molecule is C=CN=C(C=C)/C=N/NC(=S)NC1CC2C=CC1C2. The number of allylic oxidation sites excluding steroid dienone is 2. The molecule has 0 aromatic carbocycles. The van der Waals surface area contributed by atoms with E-state index in [4.69, 9.17) is 12.2 Å². The molecule has 0 aliphatic heterocycles. The molecule has 2 aliphatic rings. The van der Waals surface area contributed by atoms with Gasteiger partial charge in [0.1, 0.15) is 0 Å². The first-order valence-electron chi connectivity index (χ1n) is 6.32. The van der Waals surface area contributed by atoms with E-state index in [2.05, 4.69) is 46.1 Å². The summed E-state index contributed by atoms with van der Waals surface area (Å²) in [6, 6.07) is 0.436. The maximum absolute atomic E-state index is 5.21. The van der Waals surface area contributed by atoms with Gasteiger partial charge in [-0.2, -0.15) is 5.10 Å². The predicted octanol–water partition coefficient (Wildman–Crippen LogP) is 2.17. The Morgan fingerprint density at radius 3 is 2.74 bits per heavy atom. The molecular formula is C14H18N4S. The van der Waals surface area contributed by atoms with Crippen molar-refractivity contribution in [2.75, 3.05) is 0 Å². The normalized spacial score (nSPS) is 28.6. The minimum atomic E-state index is 0.436. The van der Waals surface area contributed by atoms with Crippen molar-refractivity contribution in [3.63, 3.8) is 0 Å². The lowest BCUT2D eigenvalue weighted by molar-refractivity contribution is 0.521. The van der Waals surface area contributed by atoms with Crippen LogP contribution >= 0.6 is 12.2 Å². The summed E-state index contributed by atoms with van der Waals surface area (Å²) in [5.41, 5.74) is 3.43. The lowest BCUT2D eigenvalue weighted by Gasteiger charge is -2.20. The third-order valence-corrected chi connectivity index (χ3v) is 3.62. The molecule has 100 valence electrons. The van der Waals surface area contributed by atoms with E-state index in [-0.39, 0.29) is 0 Å². The predicted molar refractivity (Wildman–Crippen MR) is 84.3 cm³/mol. The Labute approximate surface area is 119 Å². The number of hydrogen-bond donors (Lipinski definition) is 2. The van der Waals surface area contributed by atoms with Gasteiger partial charge in [0.15, 0.2) is 5.11 Å². The molecule has 2 rings (SSSR count). The van der Waals surface area contributed by atoms with Crippen LogP contribution in [0.3, 0.4) is 0 Å². The van der Waals surface area contributed by atoms with E-state index in [1.54, 1.807) is 12.3 Å². The van der Waals surface area contributed by atoms with Gasteiger partial charge in [0.2, 0.25) is 0 Å². The van der Waals surface area contributed by atoms with Gasteiger partial charge in [0.25, 0.3) is 0 Å². The average molecular weight is 274 g/mol. The molecular weight excluding hydrogens is 256 g/mol. The summed E-state index contributed by atoms with van der Waals surface area (Å²) in [5, 5.41) is 7.87. The fraction of sp³-hybridized carbons (Fsp3) is 0.357. The first kappa shape index (κ1) is 13.7. The zero-order chi connectivity index (χ0) is 13.7. The Morgan fingerprint density at radius 2 is 2.16 bits per heavy atom. The third-order valence-electron chi connectivity index (χ3n) is 3.41. The van der Waals surface area contributed by atoms with E-state index in [1.807, 2.05) is 0 Å². The van der Waals surface area contributed by atoms with Crippen molar-refractivity contribution >= 4 is 29.3 Å². The van der Waals surface area contributed by atoms with Gasteiger partial charge in [-0.05, 0) is 43.0 Å². The van der Waals surface area contributed by atoms with Crippen LogP contribution in [0.4, 0.5) is 0 Å². The summed E-state index contributed by atoms with van der Waals surface area (Å²) in [5.74, 6) is 1.33. The second-order valence-corrected chi connectivity index (χ2v) is 5.08. The van der Waals surface area contributed by atoms with E-state index < -0.39 is 0 Å². The van der Waals surface area contributed by atoms with Crippen LogP contribution < -0.4 is 10.7 Å². The van der Waals surface area contributed by atoms with Crippen LogP contribution in [0.2, 0.25) is 0 Å². The molecule has 3 atom stereocenters. The number of hydrazone groups is 1. The number of rotatable bonds is 5. The Hall–Kier alpha value is -1.75. The molecule has 0 aromatic heterocycles. The average Bonchev–Trinajstić information content (AvgIpc) is 3.00. The first-order chi connectivity index (χ1) is 9.22. The molecule has 0 saturated heterocycles. The zero-order valence-electron chi connectivity index (χ0n) is 10.7. The van der Waals surface area contributed by atoms with Crippen molar-refractivity contribution in [1.82, 2.24) is 10.7 Å². The van der Waals surface area contributed by atoms with E-state index in [0.29, 0.717) is 22.8 Å². The van der Waals surface area contributed by atoms with Gasteiger partial charge in [0, 0.05) is 12.2 Å². The topological polar surface area (TPSA) is 48.8 Å². The van der Waals surface area contributed by atoms with Crippen LogP contribution in [0.5, 0.6) is 0 Å². The molecule has 2 N–H and O–H groups in total. The first-order valence-corrected chi connectivity index (χ1v) is 6.72. The van der Waals surface area contributed by atoms with Gasteiger partial charge in [0.05, 0.1) is 11.9 Å². The van der Waals surface area contributed by atoms with Gasteiger partial charge < -0.3 is 5.32 Å². The highest BCUT2D eigenvalue weighted by Crippen LogP contribution is 2.38. The Bertz CT molecular complexity index is 464. The Kier molecular flexibility index (Phi) is 4.63. The van der Waals surface area contributed by atoms with Crippen LogP contribution in [-0.2, 0) is 0 Å². The maximum atomic E-state index is 5.21. The third kappa shape index (κ3) is 3.61. The lowest BCUT2D eigenvalue weighted by Crippen LogP contribution is -2.42. The van der Waals surface area contributed by atoms with Crippen molar-refractivity contribution in [3.05, 3.63) is 37.6 Å². The van der Waals surface area contributed by atoms with E-state index in [0.717, 1.165) is 12.3 Å². The molecule has 0 amide bonds. The maximum Gasteiger partial charge on any atom is 0.187 e. The molecule has 1 fully saturated rings. The molecule has 0 radical (unpaired) electrons. The summed E-state index contributed by atoms with van der Waals surface area (Å²) in [4.78, 5) is 3.97. The quantitative estimate of drug-likeness (QED) is 0.350. The van der Waals surface area contributed by atoms with Gasteiger partial charge in [-0.15, -0.1) is 0 Å².